The second-order valence-electron chi connectivity index (χ2n) is 0.459. The van der Waals surface area contributed by atoms with Gasteiger partial charge in [-0.25, -0.2) is 0 Å². The Morgan fingerprint density at radius 3 is 1.67 bits per heavy atom. The maximum Gasteiger partial charge on any atom is -0.0277 e. The Balaban J connectivity index is 0. The molecule has 0 amide bonds. The summed E-state index contributed by atoms with van der Waals surface area (Å²) in [6, 6.07) is 0. The average molecular weight is 194 g/mol. The minimum atomic E-state index is 1.97. The molecule has 0 spiro atoms. The smallest absolute Gasteiger partial charge is 0.0277 e. The van der Waals surface area contributed by atoms with Gasteiger partial charge in [0.25, 0.3) is 0 Å². The molecule has 0 N–H and O–H groups in total. The third-order valence-electron chi connectivity index (χ3n) is 0.126. The lowest BCUT2D eigenvalue weighted by molar-refractivity contribution is 1.80. The highest BCUT2D eigenvalue weighted by molar-refractivity contribution is 14.1. The van der Waals surface area contributed by atoms with E-state index in [9.17, 15) is 0 Å². The molecule has 6 heavy (non-hydrogen) atoms. The second kappa shape index (κ2) is 19.8. The topological polar surface area (TPSA) is 0 Å². The molecule has 1 heteroatoms. The van der Waals surface area contributed by atoms with Crippen LogP contribution in [0.15, 0.2) is 10.2 Å². The number of hydrogen-bond acceptors (Lipinski definition) is 0. The molecule has 0 radical (unpaired) electrons. The maximum absolute atomic E-state index is 4.00. The zero-order chi connectivity index (χ0) is 5.41. The van der Waals surface area contributed by atoms with Crippen LogP contribution in [0.1, 0.15) is 6.92 Å². The van der Waals surface area contributed by atoms with Gasteiger partial charge in [-0.1, -0.05) is 28.7 Å². The van der Waals surface area contributed by atoms with Gasteiger partial charge >= 0.3 is 0 Å². The van der Waals surface area contributed by atoms with Gasteiger partial charge in [-0.3, -0.25) is 0 Å². The fourth-order valence-electron chi connectivity index (χ4n) is 0. The third-order valence-corrected chi connectivity index (χ3v) is 0.845. The first-order valence-corrected chi connectivity index (χ1v) is 2.71. The lowest BCUT2D eigenvalue weighted by Crippen LogP contribution is -1.18. The molecule has 0 aromatic rings. The molecule has 0 atom stereocenters. The Morgan fingerprint density at radius 1 is 1.50 bits per heavy atom. The summed E-state index contributed by atoms with van der Waals surface area (Å²) in [5.41, 5.74) is 0. The van der Waals surface area contributed by atoms with E-state index in [1.54, 1.807) is 0 Å². The van der Waals surface area contributed by atoms with E-state index in [0.717, 1.165) is 0 Å². The van der Waals surface area contributed by atoms with Crippen LogP contribution in [-0.4, -0.2) is 0 Å². The summed E-state index contributed by atoms with van der Waals surface area (Å²) < 4.78 is 1.97. The molecule has 0 rings (SSSR count). The van der Waals surface area contributed by atoms with E-state index >= 15 is 0 Å². The molecule has 0 fully saturated rings. The zero-order valence-corrected chi connectivity index (χ0v) is 5.84. The van der Waals surface area contributed by atoms with Crippen molar-refractivity contribution in [1.82, 2.24) is 0 Å². The van der Waals surface area contributed by atoms with E-state index in [4.69, 9.17) is 0 Å². The monoisotopic (exact) mass is 194 g/mol. The summed E-state index contributed by atoms with van der Waals surface area (Å²) in [6.07, 6.45) is 9.99. The maximum atomic E-state index is 4.00. The fourth-order valence-corrected chi connectivity index (χ4v) is 0. The van der Waals surface area contributed by atoms with Gasteiger partial charge in [0.2, 0.25) is 0 Å². The third kappa shape index (κ3) is 34.9. The predicted molar refractivity (Wildman–Crippen MR) is 38.7 cm³/mol. The van der Waals surface area contributed by atoms with Gasteiger partial charge in [-0.05, 0) is 11.0 Å². The Kier molecular flexibility index (Phi) is 31.0. The van der Waals surface area contributed by atoms with E-state index in [2.05, 4.69) is 35.4 Å². The lowest BCUT2D eigenvalue weighted by atomic mass is 10.8. The first-order chi connectivity index (χ1) is 2.91. The van der Waals surface area contributed by atoms with Crippen molar-refractivity contribution >= 4 is 22.6 Å². The van der Waals surface area contributed by atoms with Crippen LogP contribution < -0.4 is 0 Å². The van der Waals surface area contributed by atoms with Crippen molar-refractivity contribution in [2.24, 2.45) is 0 Å². The van der Waals surface area contributed by atoms with E-state index in [-0.39, 0.29) is 0 Å². The van der Waals surface area contributed by atoms with E-state index in [1.165, 1.54) is 0 Å². The fraction of sp³-hybridized carbons (Fsp3) is 0.200. The molecule has 0 aromatic heterocycles. The van der Waals surface area contributed by atoms with Gasteiger partial charge in [-0.15, -0.1) is 12.8 Å². The molecular weight excluding hydrogens is 187 g/mol. The van der Waals surface area contributed by atoms with Crippen LogP contribution in [-0.2, 0) is 0 Å². The van der Waals surface area contributed by atoms with Crippen LogP contribution >= 0.6 is 22.6 Å². The van der Waals surface area contributed by atoms with Gasteiger partial charge in [0, 0.05) is 0 Å². The highest BCUT2D eigenvalue weighted by Crippen LogP contribution is 1.78. The van der Waals surface area contributed by atoms with Gasteiger partial charge in [0.15, 0.2) is 0 Å². The minimum absolute atomic E-state index is 1.97. The van der Waals surface area contributed by atoms with E-state index < -0.39 is 0 Å². The zero-order valence-electron chi connectivity index (χ0n) is 3.69. The summed E-state index contributed by atoms with van der Waals surface area (Å²) in [6.45, 7) is 1.99. The summed E-state index contributed by atoms with van der Waals surface area (Å²) in [5, 5.41) is 0. The molecule has 0 nitrogen and oxygen atoms in total. The molecule has 0 heterocycles. The van der Waals surface area contributed by atoms with Crippen molar-refractivity contribution in [3.05, 3.63) is 10.2 Å². The van der Waals surface area contributed by atoms with Gasteiger partial charge in [0.1, 0.15) is 0 Å². The summed E-state index contributed by atoms with van der Waals surface area (Å²) in [5.74, 6) is 0. The van der Waals surface area contributed by atoms with Crippen LogP contribution in [0, 0.1) is 12.8 Å². The van der Waals surface area contributed by atoms with Gasteiger partial charge in [-0.2, -0.15) is 0 Å². The molecule has 0 aliphatic rings. The summed E-state index contributed by atoms with van der Waals surface area (Å²) in [7, 11) is 0. The van der Waals surface area contributed by atoms with Crippen LogP contribution in [0.4, 0.5) is 0 Å². The van der Waals surface area contributed by atoms with Gasteiger partial charge < -0.3 is 0 Å². The average Bonchev–Trinajstić information content (AvgIpc) is 1.72. The first kappa shape index (κ1) is 9.39. The Hall–Kier alpha value is 0.0300. The highest BCUT2D eigenvalue weighted by atomic mass is 127. The minimum Gasteiger partial charge on any atom is -0.124 e. The summed E-state index contributed by atoms with van der Waals surface area (Å²) >= 11 is 2.17. The largest absolute Gasteiger partial charge is 0.124 e. The molecule has 0 bridgehead atoms. The molecule has 0 saturated heterocycles. The second-order valence-corrected chi connectivity index (χ2v) is 1.18. The molecule has 0 saturated carbocycles. The summed E-state index contributed by atoms with van der Waals surface area (Å²) in [4.78, 5) is 0. The van der Waals surface area contributed by atoms with Crippen molar-refractivity contribution in [2.45, 2.75) is 6.92 Å². The molecule has 0 aromatic carbocycles. The number of allylic oxidation sites excluding steroid dienone is 1. The lowest BCUT2D eigenvalue weighted by Gasteiger charge is -1.47. The van der Waals surface area contributed by atoms with Crippen molar-refractivity contribution in [3.63, 3.8) is 0 Å². The quantitative estimate of drug-likeness (QED) is 0.409. The SMILES string of the molecule is C#C.C/C=C\I. The van der Waals surface area contributed by atoms with Crippen molar-refractivity contribution in [2.75, 3.05) is 0 Å². The Morgan fingerprint density at radius 2 is 1.67 bits per heavy atom. The molecule has 34 valence electrons. The number of hydrogen-bond donors (Lipinski definition) is 0. The predicted octanol–water partition coefficient (Wildman–Crippen LogP) is 2.20. The molecule has 0 unspecified atom stereocenters. The Bertz CT molecular complexity index is 39.1. The van der Waals surface area contributed by atoms with Crippen molar-refractivity contribution in [3.8, 4) is 12.8 Å². The van der Waals surface area contributed by atoms with Crippen molar-refractivity contribution in [1.29, 1.82) is 0 Å². The first-order valence-electron chi connectivity index (χ1n) is 1.46. The number of halogens is 1. The normalized spacial score (nSPS) is 6.67. The van der Waals surface area contributed by atoms with E-state index in [1.807, 2.05) is 17.1 Å². The molecule has 0 aliphatic carbocycles. The Labute approximate surface area is 52.8 Å². The number of rotatable bonds is 0. The highest BCUT2D eigenvalue weighted by Gasteiger charge is 1.36. The number of terminal acetylenes is 1. The molecular formula is C5H7I. The van der Waals surface area contributed by atoms with Crippen LogP contribution in [0.3, 0.4) is 0 Å². The molecule has 0 aliphatic heterocycles. The van der Waals surface area contributed by atoms with E-state index in [0.29, 0.717) is 0 Å². The van der Waals surface area contributed by atoms with Crippen molar-refractivity contribution < 1.29 is 0 Å². The van der Waals surface area contributed by atoms with Crippen LogP contribution in [0.25, 0.3) is 0 Å². The van der Waals surface area contributed by atoms with Crippen LogP contribution in [0.5, 0.6) is 0 Å². The van der Waals surface area contributed by atoms with Crippen LogP contribution in [0.2, 0.25) is 0 Å². The van der Waals surface area contributed by atoms with Gasteiger partial charge in [0.05, 0.1) is 0 Å². The standard InChI is InChI=1S/C3H5I.C2H2/c1-2-3-4;1-2/h2-3H,1H3;1-2H/b3-2-;.